The number of aliphatic imine (C=N–C) groups is 1. The van der Waals surface area contributed by atoms with Crippen LogP contribution in [0, 0.1) is 0 Å². The van der Waals surface area contributed by atoms with Crippen molar-refractivity contribution in [2.45, 2.75) is 0 Å². The van der Waals surface area contributed by atoms with Crippen LogP contribution in [0.2, 0.25) is 10.0 Å². The fourth-order valence-electron chi connectivity index (χ4n) is 1.26. The molecular weight excluding hydrogens is 336 g/mol. The number of nitrogens with one attached hydrogen (secondary N) is 2. The number of hydrogen-bond donors (Lipinski definition) is 2. The van der Waals surface area contributed by atoms with Crippen molar-refractivity contribution < 1.29 is 0 Å². The molecule has 88 valence electrons. The normalized spacial score (nSPS) is 13.8. The van der Waals surface area contributed by atoms with Gasteiger partial charge >= 0.3 is 0 Å². The van der Waals surface area contributed by atoms with Gasteiger partial charge in [0.15, 0.2) is 5.96 Å². The Morgan fingerprint density at radius 3 is 2.44 bits per heavy atom. The maximum Gasteiger partial charge on any atom is 0.196 e. The summed E-state index contributed by atoms with van der Waals surface area (Å²) in [7, 11) is 0. The molecule has 1 aliphatic rings. The fourth-order valence-corrected chi connectivity index (χ4v) is 2.56. The van der Waals surface area contributed by atoms with Crippen LogP contribution in [0.15, 0.2) is 21.6 Å². The molecule has 3 nitrogen and oxygen atoms in total. The maximum absolute atomic E-state index is 6.05. The van der Waals surface area contributed by atoms with E-state index < -0.39 is 0 Å². The van der Waals surface area contributed by atoms with Crippen molar-refractivity contribution in [3.05, 3.63) is 26.7 Å². The zero-order chi connectivity index (χ0) is 10.8. The second-order valence-corrected chi connectivity index (χ2v) is 4.76. The molecule has 0 aromatic heterocycles. The molecule has 1 heterocycles. The van der Waals surface area contributed by atoms with Crippen molar-refractivity contribution >= 4 is 63.2 Å². The first kappa shape index (κ1) is 13.9. The summed E-state index contributed by atoms with van der Waals surface area (Å²) in [6.45, 7) is 1.61. The average Bonchev–Trinajstić information content (AvgIpc) is 2.63. The Balaban J connectivity index is 0.00000128. The van der Waals surface area contributed by atoms with Crippen molar-refractivity contribution in [3.63, 3.8) is 0 Å². The SMILES string of the molecule is Cl.Clc1cc(Br)cc(Cl)c1NC1=NCCN1. The first-order valence-corrected chi connectivity index (χ1v) is 5.91. The zero-order valence-corrected chi connectivity index (χ0v) is 12.0. The van der Waals surface area contributed by atoms with Gasteiger partial charge in [-0.2, -0.15) is 0 Å². The van der Waals surface area contributed by atoms with Gasteiger partial charge in [0.05, 0.1) is 22.3 Å². The summed E-state index contributed by atoms with van der Waals surface area (Å²) >= 11 is 15.4. The third-order valence-corrected chi connectivity index (χ3v) is 2.98. The summed E-state index contributed by atoms with van der Waals surface area (Å²) in [5.41, 5.74) is 0.676. The molecule has 7 heteroatoms. The molecule has 1 aliphatic heterocycles. The summed E-state index contributed by atoms with van der Waals surface area (Å²) in [6.07, 6.45) is 0. The van der Waals surface area contributed by atoms with Gasteiger partial charge in [0.1, 0.15) is 0 Å². The van der Waals surface area contributed by atoms with Crippen LogP contribution in [0.25, 0.3) is 0 Å². The average molecular weight is 345 g/mol. The zero-order valence-electron chi connectivity index (χ0n) is 8.06. The fraction of sp³-hybridized carbons (Fsp3) is 0.222. The van der Waals surface area contributed by atoms with E-state index in [1.54, 1.807) is 12.1 Å². The van der Waals surface area contributed by atoms with Gasteiger partial charge in [-0.1, -0.05) is 39.1 Å². The topological polar surface area (TPSA) is 36.4 Å². The van der Waals surface area contributed by atoms with E-state index in [4.69, 9.17) is 23.2 Å². The number of hydrogen-bond acceptors (Lipinski definition) is 3. The minimum atomic E-state index is 0. The van der Waals surface area contributed by atoms with Crippen LogP contribution in [0.1, 0.15) is 0 Å². The van der Waals surface area contributed by atoms with E-state index in [-0.39, 0.29) is 12.4 Å². The molecule has 16 heavy (non-hydrogen) atoms. The van der Waals surface area contributed by atoms with Gasteiger partial charge in [-0.3, -0.25) is 4.99 Å². The summed E-state index contributed by atoms with van der Waals surface area (Å²) in [6, 6.07) is 3.57. The van der Waals surface area contributed by atoms with Gasteiger partial charge in [0, 0.05) is 11.0 Å². The smallest absolute Gasteiger partial charge is 0.196 e. The Kier molecular flexibility index (Phi) is 5.18. The van der Waals surface area contributed by atoms with E-state index in [1.165, 1.54) is 0 Å². The number of benzene rings is 1. The molecule has 1 aromatic carbocycles. The van der Waals surface area contributed by atoms with Gasteiger partial charge in [0.25, 0.3) is 0 Å². The van der Waals surface area contributed by atoms with Gasteiger partial charge in [-0.25, -0.2) is 0 Å². The van der Waals surface area contributed by atoms with Crippen LogP contribution in [-0.4, -0.2) is 19.0 Å². The lowest BCUT2D eigenvalue weighted by Gasteiger charge is -2.10. The number of rotatable bonds is 1. The van der Waals surface area contributed by atoms with Crippen LogP contribution >= 0.6 is 51.5 Å². The van der Waals surface area contributed by atoms with Gasteiger partial charge in [0.2, 0.25) is 0 Å². The van der Waals surface area contributed by atoms with Gasteiger partial charge in [-0.15, -0.1) is 12.4 Å². The van der Waals surface area contributed by atoms with E-state index >= 15 is 0 Å². The van der Waals surface area contributed by atoms with Gasteiger partial charge in [-0.05, 0) is 12.1 Å². The van der Waals surface area contributed by atoms with Crippen LogP contribution in [0.5, 0.6) is 0 Å². The molecule has 0 saturated carbocycles. The number of anilines is 1. The molecule has 1 aromatic rings. The minimum absolute atomic E-state index is 0. The van der Waals surface area contributed by atoms with Crippen molar-refractivity contribution in [2.75, 3.05) is 18.4 Å². The third-order valence-electron chi connectivity index (χ3n) is 1.92. The summed E-state index contributed by atoms with van der Waals surface area (Å²) in [4.78, 5) is 4.20. The van der Waals surface area contributed by atoms with Crippen LogP contribution in [0.3, 0.4) is 0 Å². The van der Waals surface area contributed by atoms with Crippen molar-refractivity contribution in [3.8, 4) is 0 Å². The molecule has 0 fully saturated rings. The van der Waals surface area contributed by atoms with E-state index in [2.05, 4.69) is 31.6 Å². The van der Waals surface area contributed by atoms with E-state index in [0.29, 0.717) is 21.7 Å². The highest BCUT2D eigenvalue weighted by molar-refractivity contribution is 9.10. The summed E-state index contributed by atoms with van der Waals surface area (Å²) in [5.74, 6) is 0.709. The first-order chi connectivity index (χ1) is 7.16. The molecule has 0 saturated heterocycles. The molecule has 2 rings (SSSR count). The lowest BCUT2D eigenvalue weighted by atomic mass is 10.3. The number of nitrogens with zero attached hydrogens (tertiary/aromatic N) is 1. The Bertz CT molecular complexity index is 399. The number of halogens is 4. The van der Waals surface area contributed by atoms with E-state index in [1.807, 2.05) is 0 Å². The molecule has 0 unspecified atom stereocenters. The molecule has 0 radical (unpaired) electrons. The summed E-state index contributed by atoms with van der Waals surface area (Å²) in [5, 5.41) is 7.26. The molecule has 0 atom stereocenters. The standard InChI is InChI=1S/C9H8BrCl2N3.ClH/c10-5-3-6(11)8(7(12)4-5)15-9-13-1-2-14-9;/h3-4H,1-2H2,(H2,13,14,15);1H. The predicted octanol–water partition coefficient (Wildman–Crippen LogP) is 3.55. The van der Waals surface area contributed by atoms with E-state index in [9.17, 15) is 0 Å². The van der Waals surface area contributed by atoms with Crippen LogP contribution < -0.4 is 10.6 Å². The number of guanidine groups is 1. The molecule has 0 amide bonds. The monoisotopic (exact) mass is 343 g/mol. The van der Waals surface area contributed by atoms with E-state index in [0.717, 1.165) is 17.6 Å². The Morgan fingerprint density at radius 2 is 1.94 bits per heavy atom. The Labute approximate surface area is 118 Å². The molecule has 0 spiro atoms. The van der Waals surface area contributed by atoms with Crippen LogP contribution in [0.4, 0.5) is 5.69 Å². The molecule has 2 N–H and O–H groups in total. The highest BCUT2D eigenvalue weighted by Gasteiger charge is 2.11. The Hall–Kier alpha value is -0.160. The second-order valence-electron chi connectivity index (χ2n) is 3.03. The highest BCUT2D eigenvalue weighted by atomic mass is 79.9. The Morgan fingerprint density at radius 1 is 1.31 bits per heavy atom. The molecule has 0 aliphatic carbocycles. The van der Waals surface area contributed by atoms with Gasteiger partial charge < -0.3 is 10.6 Å². The summed E-state index contributed by atoms with van der Waals surface area (Å²) < 4.78 is 0.851. The lowest BCUT2D eigenvalue weighted by Crippen LogP contribution is -2.26. The quantitative estimate of drug-likeness (QED) is 0.817. The maximum atomic E-state index is 6.05. The first-order valence-electron chi connectivity index (χ1n) is 4.37. The molecule has 0 bridgehead atoms. The third kappa shape index (κ3) is 3.17. The largest absolute Gasteiger partial charge is 0.354 e. The molecular formula is C9H9BrCl3N3. The van der Waals surface area contributed by atoms with Crippen molar-refractivity contribution in [1.29, 1.82) is 0 Å². The van der Waals surface area contributed by atoms with Crippen molar-refractivity contribution in [2.24, 2.45) is 4.99 Å². The second kappa shape index (κ2) is 5.96. The lowest BCUT2D eigenvalue weighted by molar-refractivity contribution is 0.959. The van der Waals surface area contributed by atoms with Crippen LogP contribution in [-0.2, 0) is 0 Å². The van der Waals surface area contributed by atoms with Crippen molar-refractivity contribution in [1.82, 2.24) is 5.32 Å². The predicted molar refractivity (Wildman–Crippen MR) is 75.3 cm³/mol. The minimum Gasteiger partial charge on any atom is -0.354 e. The highest BCUT2D eigenvalue weighted by Crippen LogP contribution is 2.33.